The first kappa shape index (κ1) is 10.2. The molecule has 0 spiro atoms. The molecule has 3 heteroatoms. The van der Waals surface area contributed by atoms with E-state index in [9.17, 15) is 4.39 Å². The number of aryl methyl sites for hydroxylation is 1. The molecule has 0 unspecified atom stereocenters. The average molecular weight is 280 g/mol. The van der Waals surface area contributed by atoms with E-state index in [0.717, 1.165) is 17.7 Å². The number of hydrogen-bond donors (Lipinski definition) is 0. The van der Waals surface area contributed by atoms with Crippen LogP contribution in [0.15, 0.2) is 24.3 Å². The van der Waals surface area contributed by atoms with Crippen molar-refractivity contribution in [3.63, 3.8) is 0 Å². The fraction of sp³-hybridized carbons (Fsp3) is 0.308. The SMILES string of the molecule is Fc1ccc(-c2n[se]c3c2CCCC3)cc1. The molecule has 0 radical (unpaired) electrons. The maximum atomic E-state index is 12.9. The number of fused-ring (bicyclic) bond motifs is 1. The second-order valence-electron chi connectivity index (χ2n) is 4.15. The van der Waals surface area contributed by atoms with Crippen molar-refractivity contribution >= 4 is 14.7 Å². The van der Waals surface area contributed by atoms with Crippen LogP contribution >= 0.6 is 0 Å². The first-order valence-electron chi connectivity index (χ1n) is 5.58. The zero-order valence-electron chi connectivity index (χ0n) is 8.87. The first-order chi connectivity index (χ1) is 7.84. The molecule has 0 N–H and O–H groups in total. The van der Waals surface area contributed by atoms with Crippen molar-refractivity contribution in [3.8, 4) is 11.3 Å². The van der Waals surface area contributed by atoms with E-state index in [2.05, 4.69) is 3.98 Å². The van der Waals surface area contributed by atoms with Crippen molar-refractivity contribution in [2.45, 2.75) is 25.7 Å². The van der Waals surface area contributed by atoms with Gasteiger partial charge in [-0.1, -0.05) is 0 Å². The van der Waals surface area contributed by atoms with Gasteiger partial charge in [0.25, 0.3) is 0 Å². The van der Waals surface area contributed by atoms with E-state index >= 15 is 0 Å². The summed E-state index contributed by atoms with van der Waals surface area (Å²) in [5, 5.41) is 0. The molecular formula is C13H12FNSe. The Kier molecular flexibility index (Phi) is 2.66. The number of rotatable bonds is 1. The molecule has 0 aliphatic heterocycles. The zero-order chi connectivity index (χ0) is 11.0. The molecule has 1 aromatic heterocycles. The van der Waals surface area contributed by atoms with Crippen LogP contribution in [0.5, 0.6) is 0 Å². The Morgan fingerprint density at radius 2 is 1.81 bits per heavy atom. The van der Waals surface area contributed by atoms with Crippen LogP contribution in [-0.2, 0) is 12.8 Å². The third-order valence-corrected chi connectivity index (χ3v) is 5.05. The van der Waals surface area contributed by atoms with Crippen LogP contribution in [0.25, 0.3) is 11.3 Å². The summed E-state index contributed by atoms with van der Waals surface area (Å²) < 4.78 is 19.1. The van der Waals surface area contributed by atoms with Crippen LogP contribution in [0.3, 0.4) is 0 Å². The molecule has 0 amide bonds. The molecule has 16 heavy (non-hydrogen) atoms. The molecule has 0 atom stereocenters. The van der Waals surface area contributed by atoms with E-state index in [4.69, 9.17) is 0 Å². The molecule has 1 heterocycles. The second kappa shape index (κ2) is 4.15. The van der Waals surface area contributed by atoms with Gasteiger partial charge >= 0.3 is 100 Å². The van der Waals surface area contributed by atoms with Crippen LogP contribution in [0.2, 0.25) is 0 Å². The maximum absolute atomic E-state index is 12.9. The van der Waals surface area contributed by atoms with E-state index in [1.165, 1.54) is 37.0 Å². The third kappa shape index (κ3) is 1.74. The van der Waals surface area contributed by atoms with Crippen LogP contribution < -0.4 is 0 Å². The van der Waals surface area contributed by atoms with Crippen LogP contribution in [0, 0.1) is 5.82 Å². The Bertz CT molecular complexity index is 501. The van der Waals surface area contributed by atoms with Gasteiger partial charge in [0.15, 0.2) is 0 Å². The Labute approximate surface area is 100 Å². The van der Waals surface area contributed by atoms with Crippen molar-refractivity contribution in [1.29, 1.82) is 0 Å². The topological polar surface area (TPSA) is 12.9 Å². The van der Waals surface area contributed by atoms with Gasteiger partial charge in [-0.3, -0.25) is 0 Å². The van der Waals surface area contributed by atoms with Crippen molar-refractivity contribution < 1.29 is 4.39 Å². The Balaban J connectivity index is 2.06. The van der Waals surface area contributed by atoms with Crippen molar-refractivity contribution in [3.05, 3.63) is 40.1 Å². The number of nitrogens with zero attached hydrogens (tertiary/aromatic N) is 1. The predicted molar refractivity (Wildman–Crippen MR) is 63.2 cm³/mol. The molecule has 1 nitrogen and oxygen atoms in total. The van der Waals surface area contributed by atoms with E-state index in [1.54, 1.807) is 4.44 Å². The minimum atomic E-state index is -0.175. The monoisotopic (exact) mass is 281 g/mol. The Morgan fingerprint density at radius 3 is 2.62 bits per heavy atom. The molecular weight excluding hydrogens is 268 g/mol. The van der Waals surface area contributed by atoms with Gasteiger partial charge in [-0.25, -0.2) is 0 Å². The summed E-state index contributed by atoms with van der Waals surface area (Å²) in [5.74, 6) is -0.175. The normalized spacial score (nSPS) is 14.8. The molecule has 1 aliphatic rings. The fourth-order valence-corrected chi connectivity index (χ4v) is 4.24. The average Bonchev–Trinajstić information content (AvgIpc) is 2.74. The molecule has 0 saturated heterocycles. The number of benzene rings is 1. The van der Waals surface area contributed by atoms with E-state index < -0.39 is 0 Å². The van der Waals surface area contributed by atoms with Gasteiger partial charge in [-0.05, 0) is 0 Å². The third-order valence-electron chi connectivity index (χ3n) is 3.07. The minimum absolute atomic E-state index is 0.175. The number of hydrogen-bond acceptors (Lipinski definition) is 1. The first-order valence-corrected chi connectivity index (χ1v) is 7.20. The summed E-state index contributed by atoms with van der Waals surface area (Å²) in [4.78, 5) is 0. The molecule has 1 aromatic carbocycles. The second-order valence-corrected chi connectivity index (χ2v) is 5.95. The summed E-state index contributed by atoms with van der Waals surface area (Å²) in [7, 11) is 0. The number of halogens is 1. The van der Waals surface area contributed by atoms with Crippen LogP contribution in [-0.4, -0.2) is 18.7 Å². The van der Waals surface area contributed by atoms with Crippen molar-refractivity contribution in [2.75, 3.05) is 0 Å². The molecule has 0 bridgehead atoms. The van der Waals surface area contributed by atoms with E-state index in [-0.39, 0.29) is 5.82 Å². The quantitative estimate of drug-likeness (QED) is 0.732. The molecule has 2 aromatic rings. The molecule has 82 valence electrons. The van der Waals surface area contributed by atoms with Gasteiger partial charge in [0.1, 0.15) is 0 Å². The summed E-state index contributed by atoms with van der Waals surface area (Å²) in [5.41, 5.74) is 3.67. The summed E-state index contributed by atoms with van der Waals surface area (Å²) in [6, 6.07) is 6.72. The van der Waals surface area contributed by atoms with Crippen LogP contribution in [0.1, 0.15) is 22.8 Å². The zero-order valence-corrected chi connectivity index (χ0v) is 10.6. The fourth-order valence-electron chi connectivity index (χ4n) is 2.22. The van der Waals surface area contributed by atoms with E-state index in [1.807, 2.05) is 12.1 Å². The molecule has 3 rings (SSSR count). The van der Waals surface area contributed by atoms with Crippen molar-refractivity contribution in [1.82, 2.24) is 3.98 Å². The van der Waals surface area contributed by atoms with Crippen molar-refractivity contribution in [2.24, 2.45) is 0 Å². The van der Waals surface area contributed by atoms with Crippen LogP contribution in [0.4, 0.5) is 4.39 Å². The molecule has 1 aliphatic carbocycles. The van der Waals surface area contributed by atoms with E-state index in [0.29, 0.717) is 14.7 Å². The predicted octanol–water partition coefficient (Wildman–Crippen LogP) is 2.82. The van der Waals surface area contributed by atoms with Gasteiger partial charge in [0.05, 0.1) is 0 Å². The van der Waals surface area contributed by atoms with Gasteiger partial charge in [0.2, 0.25) is 0 Å². The van der Waals surface area contributed by atoms with Gasteiger partial charge in [0, 0.05) is 0 Å². The summed E-state index contributed by atoms with van der Waals surface area (Å²) in [6.07, 6.45) is 4.97. The Hall–Kier alpha value is -0.921. The summed E-state index contributed by atoms with van der Waals surface area (Å²) in [6.45, 7) is 0. The van der Waals surface area contributed by atoms with Gasteiger partial charge in [-0.2, -0.15) is 0 Å². The molecule has 0 saturated carbocycles. The standard InChI is InChI=1S/C13H12FNSe/c14-10-7-5-9(6-8-10)13-11-3-1-2-4-12(11)16-15-13/h5-8H,1-4H2. The molecule has 0 fully saturated rings. The van der Waals surface area contributed by atoms with Gasteiger partial charge in [-0.15, -0.1) is 0 Å². The number of aromatic nitrogens is 1. The van der Waals surface area contributed by atoms with Gasteiger partial charge < -0.3 is 0 Å². The Morgan fingerprint density at radius 1 is 1.06 bits per heavy atom. The summed E-state index contributed by atoms with van der Waals surface area (Å²) >= 11 is 0.305.